The van der Waals surface area contributed by atoms with E-state index < -0.39 is 12.6 Å². The maximum absolute atomic E-state index is 11.8. The van der Waals surface area contributed by atoms with E-state index in [2.05, 4.69) is 0 Å². The second-order valence-electron chi connectivity index (χ2n) is 3.77. The van der Waals surface area contributed by atoms with Crippen molar-refractivity contribution in [2.45, 2.75) is 31.9 Å². The maximum atomic E-state index is 11.8. The number of ether oxygens (including phenoxy) is 1. The number of phenolic OH excluding ortho intramolecular Hbond substituents is 1. The molecule has 0 amide bonds. The van der Waals surface area contributed by atoms with E-state index in [0.717, 1.165) is 0 Å². The summed E-state index contributed by atoms with van der Waals surface area (Å²) in [7, 11) is 0. The van der Waals surface area contributed by atoms with Crippen molar-refractivity contribution in [1.29, 1.82) is 0 Å². The third-order valence-electron chi connectivity index (χ3n) is 2.21. The summed E-state index contributed by atoms with van der Waals surface area (Å²) in [6.07, 6.45) is -3.55. The number of aromatic hydroxyl groups is 1. The molecule has 96 valence electrons. The molecular formula is C12H15F3O2. The van der Waals surface area contributed by atoms with Crippen LogP contribution in [0.2, 0.25) is 0 Å². The zero-order valence-electron chi connectivity index (χ0n) is 9.33. The van der Waals surface area contributed by atoms with E-state index in [-0.39, 0.29) is 12.2 Å². The Hall–Kier alpha value is -1.39. The smallest absolute Gasteiger partial charge is 0.389 e. The second-order valence-corrected chi connectivity index (χ2v) is 3.77. The Balaban J connectivity index is 2.07. The first-order valence-electron chi connectivity index (χ1n) is 5.46. The van der Waals surface area contributed by atoms with Gasteiger partial charge in [0.2, 0.25) is 0 Å². The molecule has 0 aromatic heterocycles. The fourth-order valence-electron chi connectivity index (χ4n) is 1.34. The van der Waals surface area contributed by atoms with Gasteiger partial charge in [-0.1, -0.05) is 0 Å². The lowest BCUT2D eigenvalue weighted by Gasteiger charge is -2.07. The van der Waals surface area contributed by atoms with Crippen LogP contribution in [0.1, 0.15) is 25.7 Å². The SMILES string of the molecule is Oc1ccc(OCCCCCC(F)(F)F)cc1. The molecule has 0 spiro atoms. The average molecular weight is 248 g/mol. The van der Waals surface area contributed by atoms with Gasteiger partial charge in [0.25, 0.3) is 0 Å². The molecule has 0 aliphatic carbocycles. The zero-order chi connectivity index (χ0) is 12.7. The van der Waals surface area contributed by atoms with E-state index in [4.69, 9.17) is 9.84 Å². The number of phenols is 1. The summed E-state index contributed by atoms with van der Waals surface area (Å²) >= 11 is 0. The minimum atomic E-state index is -4.06. The molecule has 1 aromatic carbocycles. The van der Waals surface area contributed by atoms with Crippen LogP contribution in [0.25, 0.3) is 0 Å². The quantitative estimate of drug-likeness (QED) is 0.774. The number of unbranched alkanes of at least 4 members (excludes halogenated alkanes) is 2. The number of alkyl halides is 3. The molecule has 0 radical (unpaired) electrons. The van der Waals surface area contributed by atoms with E-state index >= 15 is 0 Å². The summed E-state index contributed by atoms with van der Waals surface area (Å²) in [6.45, 7) is 0.392. The maximum Gasteiger partial charge on any atom is 0.389 e. The number of hydrogen-bond acceptors (Lipinski definition) is 2. The van der Waals surface area contributed by atoms with Crippen LogP contribution in [0.5, 0.6) is 11.5 Å². The van der Waals surface area contributed by atoms with Gasteiger partial charge in [0.1, 0.15) is 11.5 Å². The Labute approximate surface area is 98.0 Å². The largest absolute Gasteiger partial charge is 0.508 e. The average Bonchev–Trinajstić information content (AvgIpc) is 2.24. The first kappa shape index (κ1) is 13.7. The van der Waals surface area contributed by atoms with Crippen LogP contribution in [0.3, 0.4) is 0 Å². The highest BCUT2D eigenvalue weighted by molar-refractivity contribution is 5.29. The van der Waals surface area contributed by atoms with Gasteiger partial charge in [-0.15, -0.1) is 0 Å². The first-order valence-corrected chi connectivity index (χ1v) is 5.46. The fourth-order valence-corrected chi connectivity index (χ4v) is 1.34. The summed E-state index contributed by atoms with van der Waals surface area (Å²) in [6, 6.07) is 6.23. The molecule has 0 saturated heterocycles. The highest BCUT2D eigenvalue weighted by atomic mass is 19.4. The Kier molecular flexibility index (Phi) is 5.12. The summed E-state index contributed by atoms with van der Waals surface area (Å²) < 4.78 is 40.7. The van der Waals surface area contributed by atoms with E-state index in [0.29, 0.717) is 25.2 Å². The van der Waals surface area contributed by atoms with Crippen molar-refractivity contribution in [1.82, 2.24) is 0 Å². The monoisotopic (exact) mass is 248 g/mol. The lowest BCUT2D eigenvalue weighted by atomic mass is 10.2. The van der Waals surface area contributed by atoms with Crippen molar-refractivity contribution in [3.8, 4) is 11.5 Å². The summed E-state index contributed by atoms with van der Waals surface area (Å²) in [5, 5.41) is 9.01. The van der Waals surface area contributed by atoms with Crippen molar-refractivity contribution < 1.29 is 23.0 Å². The molecule has 1 N–H and O–H groups in total. The predicted octanol–water partition coefficient (Wildman–Crippen LogP) is 3.89. The van der Waals surface area contributed by atoms with Crippen LogP contribution in [-0.2, 0) is 0 Å². The van der Waals surface area contributed by atoms with Gasteiger partial charge in [-0.2, -0.15) is 13.2 Å². The third-order valence-corrected chi connectivity index (χ3v) is 2.21. The molecule has 0 unspecified atom stereocenters. The van der Waals surface area contributed by atoms with E-state index in [1.807, 2.05) is 0 Å². The fraction of sp³-hybridized carbons (Fsp3) is 0.500. The number of hydrogen-bond donors (Lipinski definition) is 1. The molecule has 17 heavy (non-hydrogen) atoms. The molecule has 0 aliphatic rings. The highest BCUT2D eigenvalue weighted by Crippen LogP contribution is 2.22. The normalized spacial score (nSPS) is 11.5. The summed E-state index contributed by atoms with van der Waals surface area (Å²) in [5.41, 5.74) is 0. The van der Waals surface area contributed by atoms with Gasteiger partial charge in [0.05, 0.1) is 6.61 Å². The van der Waals surface area contributed by atoms with E-state index in [1.165, 1.54) is 12.1 Å². The number of halogens is 3. The van der Waals surface area contributed by atoms with E-state index in [9.17, 15) is 13.2 Å². The van der Waals surface area contributed by atoms with Gasteiger partial charge in [0, 0.05) is 6.42 Å². The Morgan fingerprint density at radius 1 is 1.00 bits per heavy atom. The van der Waals surface area contributed by atoms with Crippen LogP contribution >= 0.6 is 0 Å². The first-order chi connectivity index (χ1) is 7.97. The van der Waals surface area contributed by atoms with Crippen LogP contribution in [0.4, 0.5) is 13.2 Å². The zero-order valence-corrected chi connectivity index (χ0v) is 9.33. The van der Waals surface area contributed by atoms with Crippen LogP contribution < -0.4 is 4.74 Å². The molecule has 5 heteroatoms. The molecular weight excluding hydrogens is 233 g/mol. The number of rotatable bonds is 6. The lowest BCUT2D eigenvalue weighted by Crippen LogP contribution is -2.06. The van der Waals surface area contributed by atoms with Gasteiger partial charge >= 0.3 is 6.18 Å². The minimum Gasteiger partial charge on any atom is -0.508 e. The molecule has 0 atom stereocenters. The Morgan fingerprint density at radius 3 is 2.24 bits per heavy atom. The molecule has 0 aliphatic heterocycles. The van der Waals surface area contributed by atoms with Crippen molar-refractivity contribution in [3.05, 3.63) is 24.3 Å². The molecule has 1 rings (SSSR count). The standard InChI is InChI=1S/C12H15F3O2/c13-12(14,15)8-2-1-3-9-17-11-6-4-10(16)5-7-11/h4-7,16H,1-3,8-9H2. The van der Waals surface area contributed by atoms with Gasteiger partial charge in [-0.05, 0) is 43.5 Å². The second kappa shape index (κ2) is 6.37. The molecule has 1 aromatic rings. The van der Waals surface area contributed by atoms with Gasteiger partial charge in [0.15, 0.2) is 0 Å². The predicted molar refractivity (Wildman–Crippen MR) is 58.1 cm³/mol. The Bertz CT molecular complexity index is 320. The highest BCUT2D eigenvalue weighted by Gasteiger charge is 2.25. The van der Waals surface area contributed by atoms with Crippen LogP contribution in [0.15, 0.2) is 24.3 Å². The molecule has 0 bridgehead atoms. The van der Waals surface area contributed by atoms with Crippen molar-refractivity contribution in [2.75, 3.05) is 6.61 Å². The molecule has 0 heterocycles. The van der Waals surface area contributed by atoms with Crippen LogP contribution in [0, 0.1) is 0 Å². The van der Waals surface area contributed by atoms with Gasteiger partial charge < -0.3 is 9.84 Å². The minimum absolute atomic E-state index is 0.141. The number of benzene rings is 1. The molecule has 0 saturated carbocycles. The third kappa shape index (κ3) is 6.71. The molecule has 0 fully saturated rings. The van der Waals surface area contributed by atoms with Crippen molar-refractivity contribution in [3.63, 3.8) is 0 Å². The summed E-state index contributed by atoms with van der Waals surface area (Å²) in [5.74, 6) is 0.765. The van der Waals surface area contributed by atoms with Crippen LogP contribution in [-0.4, -0.2) is 17.9 Å². The van der Waals surface area contributed by atoms with E-state index in [1.54, 1.807) is 12.1 Å². The van der Waals surface area contributed by atoms with Crippen molar-refractivity contribution >= 4 is 0 Å². The lowest BCUT2D eigenvalue weighted by molar-refractivity contribution is -0.135. The van der Waals surface area contributed by atoms with Gasteiger partial charge in [-0.3, -0.25) is 0 Å². The summed E-state index contributed by atoms with van der Waals surface area (Å²) in [4.78, 5) is 0. The van der Waals surface area contributed by atoms with Gasteiger partial charge in [-0.25, -0.2) is 0 Å². The van der Waals surface area contributed by atoms with Crippen molar-refractivity contribution in [2.24, 2.45) is 0 Å². The topological polar surface area (TPSA) is 29.5 Å². The Morgan fingerprint density at radius 2 is 1.65 bits per heavy atom. The molecule has 2 nitrogen and oxygen atoms in total.